The summed E-state index contributed by atoms with van der Waals surface area (Å²) in [4.78, 5) is 42.1. The van der Waals surface area contributed by atoms with E-state index in [0.717, 1.165) is 31.5 Å². The predicted octanol–water partition coefficient (Wildman–Crippen LogP) is 2.15. The van der Waals surface area contributed by atoms with E-state index in [-0.39, 0.29) is 30.3 Å². The van der Waals surface area contributed by atoms with Crippen LogP contribution in [0.1, 0.15) is 41.3 Å². The first-order valence-electron chi connectivity index (χ1n) is 12.4. The molecule has 0 spiro atoms. The van der Waals surface area contributed by atoms with E-state index in [1.165, 1.54) is 5.56 Å². The molecule has 4 rings (SSSR count). The predicted molar refractivity (Wildman–Crippen MR) is 136 cm³/mol. The van der Waals surface area contributed by atoms with Crippen molar-refractivity contribution in [1.82, 2.24) is 20.4 Å². The minimum Gasteiger partial charge on any atom is -0.352 e. The Morgan fingerprint density at radius 2 is 1.66 bits per heavy atom. The molecule has 0 radical (unpaired) electrons. The maximum Gasteiger partial charge on any atom is 0.253 e. The standard InChI is InChI=1S/C27H35N5O3/c1-19-7-9-21(10-8-19)17-28-27(35)23-5-3-4-6-24(23)30-25(33)18-31-13-15-32(16-14-31)20(2)26(34)29-22-11-12-22/h3-10,20,22H,11-18H2,1-2H3,(H,28,35)(H,29,34)(H,30,33)/t20-/m0/s1. The van der Waals surface area contributed by atoms with Crippen LogP contribution in [-0.2, 0) is 16.1 Å². The van der Waals surface area contributed by atoms with Crippen LogP contribution in [0.25, 0.3) is 0 Å². The lowest BCUT2D eigenvalue weighted by molar-refractivity contribution is -0.127. The van der Waals surface area contributed by atoms with Gasteiger partial charge in [-0.15, -0.1) is 0 Å². The maximum atomic E-state index is 12.8. The fraction of sp³-hybridized carbons (Fsp3) is 0.444. The van der Waals surface area contributed by atoms with Crippen LogP contribution < -0.4 is 16.0 Å². The fourth-order valence-electron chi connectivity index (χ4n) is 4.19. The molecule has 0 unspecified atom stereocenters. The van der Waals surface area contributed by atoms with Crippen molar-refractivity contribution in [2.75, 3.05) is 38.0 Å². The number of nitrogens with zero attached hydrogens (tertiary/aromatic N) is 2. The van der Waals surface area contributed by atoms with Gasteiger partial charge in [-0.2, -0.15) is 0 Å². The van der Waals surface area contributed by atoms with Crippen LogP contribution in [0.4, 0.5) is 5.69 Å². The molecule has 2 aromatic rings. The van der Waals surface area contributed by atoms with Crippen molar-refractivity contribution >= 4 is 23.4 Å². The second kappa shape index (κ2) is 11.5. The third-order valence-electron chi connectivity index (χ3n) is 6.64. The molecule has 3 N–H and O–H groups in total. The number of nitrogens with one attached hydrogen (secondary N) is 3. The first-order valence-corrected chi connectivity index (χ1v) is 12.4. The van der Waals surface area contributed by atoms with Gasteiger partial charge in [0.25, 0.3) is 5.91 Å². The van der Waals surface area contributed by atoms with Crippen molar-refractivity contribution in [3.05, 3.63) is 65.2 Å². The highest BCUT2D eigenvalue weighted by Crippen LogP contribution is 2.19. The van der Waals surface area contributed by atoms with Crippen LogP contribution >= 0.6 is 0 Å². The van der Waals surface area contributed by atoms with Gasteiger partial charge in [-0.3, -0.25) is 24.2 Å². The third-order valence-corrected chi connectivity index (χ3v) is 6.64. The Kier molecular flexibility index (Phi) is 8.15. The molecule has 3 amide bonds. The Morgan fingerprint density at radius 3 is 2.34 bits per heavy atom. The van der Waals surface area contributed by atoms with Gasteiger partial charge in [0.2, 0.25) is 11.8 Å². The van der Waals surface area contributed by atoms with E-state index >= 15 is 0 Å². The zero-order valence-corrected chi connectivity index (χ0v) is 20.5. The van der Waals surface area contributed by atoms with Crippen molar-refractivity contribution in [3.63, 3.8) is 0 Å². The summed E-state index contributed by atoms with van der Waals surface area (Å²) in [5.41, 5.74) is 3.13. The third kappa shape index (κ3) is 7.13. The van der Waals surface area contributed by atoms with E-state index < -0.39 is 0 Å². The summed E-state index contributed by atoms with van der Waals surface area (Å²) in [7, 11) is 0. The average molecular weight is 478 g/mol. The molecule has 0 bridgehead atoms. The minimum atomic E-state index is -0.228. The highest BCUT2D eigenvalue weighted by molar-refractivity contribution is 6.04. The number of para-hydroxylation sites is 1. The smallest absolute Gasteiger partial charge is 0.253 e. The number of hydrogen-bond acceptors (Lipinski definition) is 5. The van der Waals surface area contributed by atoms with Crippen LogP contribution in [0.3, 0.4) is 0 Å². The fourth-order valence-corrected chi connectivity index (χ4v) is 4.19. The quantitative estimate of drug-likeness (QED) is 0.515. The van der Waals surface area contributed by atoms with Gasteiger partial charge in [-0.25, -0.2) is 0 Å². The van der Waals surface area contributed by atoms with Gasteiger partial charge in [0, 0.05) is 38.8 Å². The van der Waals surface area contributed by atoms with Crippen LogP contribution in [-0.4, -0.2) is 72.3 Å². The van der Waals surface area contributed by atoms with Crippen LogP contribution in [0.5, 0.6) is 0 Å². The Hall–Kier alpha value is -3.23. The van der Waals surface area contributed by atoms with E-state index in [9.17, 15) is 14.4 Å². The van der Waals surface area contributed by atoms with Gasteiger partial charge < -0.3 is 16.0 Å². The van der Waals surface area contributed by atoms with Crippen molar-refractivity contribution in [1.29, 1.82) is 0 Å². The van der Waals surface area contributed by atoms with Crippen molar-refractivity contribution < 1.29 is 14.4 Å². The van der Waals surface area contributed by atoms with Gasteiger partial charge >= 0.3 is 0 Å². The molecule has 0 aromatic heterocycles. The average Bonchev–Trinajstić information content (AvgIpc) is 3.68. The molecule has 2 aliphatic rings. The topological polar surface area (TPSA) is 93.8 Å². The molecule has 1 saturated carbocycles. The van der Waals surface area contributed by atoms with Crippen LogP contribution in [0.2, 0.25) is 0 Å². The van der Waals surface area contributed by atoms with Gasteiger partial charge in [0.1, 0.15) is 0 Å². The molecule has 186 valence electrons. The van der Waals surface area contributed by atoms with Crippen molar-refractivity contribution in [2.45, 2.75) is 45.3 Å². The lowest BCUT2D eigenvalue weighted by Crippen LogP contribution is -2.55. The molecular formula is C27H35N5O3. The molecule has 1 aliphatic carbocycles. The number of hydrogen-bond donors (Lipinski definition) is 3. The summed E-state index contributed by atoms with van der Waals surface area (Å²) in [5.74, 6) is -0.290. The number of amides is 3. The SMILES string of the molecule is Cc1ccc(CNC(=O)c2ccccc2NC(=O)CN2CCN([C@@H](C)C(=O)NC3CC3)CC2)cc1. The second-order valence-electron chi connectivity index (χ2n) is 9.53. The molecule has 1 saturated heterocycles. The Bertz CT molecular complexity index is 1040. The van der Waals surface area contributed by atoms with Gasteiger partial charge in [-0.05, 0) is 44.4 Å². The highest BCUT2D eigenvalue weighted by Gasteiger charge is 2.30. The maximum absolute atomic E-state index is 12.8. The number of anilines is 1. The zero-order chi connectivity index (χ0) is 24.8. The molecule has 35 heavy (non-hydrogen) atoms. The first-order chi connectivity index (χ1) is 16.9. The molecule has 1 heterocycles. The molecule has 8 nitrogen and oxygen atoms in total. The molecule has 2 fully saturated rings. The lowest BCUT2D eigenvalue weighted by Gasteiger charge is -2.37. The largest absolute Gasteiger partial charge is 0.352 e. The Morgan fingerprint density at radius 1 is 0.971 bits per heavy atom. The monoisotopic (exact) mass is 477 g/mol. The number of carbonyl (C=O) groups excluding carboxylic acids is 3. The summed E-state index contributed by atoms with van der Waals surface area (Å²) >= 11 is 0. The first kappa shape index (κ1) is 24.9. The Labute approximate surface area is 207 Å². The summed E-state index contributed by atoms with van der Waals surface area (Å²) in [6.07, 6.45) is 2.16. The minimum absolute atomic E-state index is 0.0935. The van der Waals surface area contributed by atoms with E-state index in [2.05, 4.69) is 25.8 Å². The molecule has 8 heteroatoms. The highest BCUT2D eigenvalue weighted by atomic mass is 16.2. The summed E-state index contributed by atoms with van der Waals surface area (Å²) in [6, 6.07) is 15.3. The number of piperazine rings is 1. The second-order valence-corrected chi connectivity index (χ2v) is 9.53. The Balaban J connectivity index is 1.25. The zero-order valence-electron chi connectivity index (χ0n) is 20.5. The number of aryl methyl sites for hydroxylation is 1. The normalized spacial score (nSPS) is 17.4. The van der Waals surface area contributed by atoms with Crippen molar-refractivity contribution in [3.8, 4) is 0 Å². The summed E-state index contributed by atoms with van der Waals surface area (Å²) in [6.45, 7) is 7.55. The summed E-state index contributed by atoms with van der Waals surface area (Å²) in [5, 5.41) is 8.90. The number of rotatable bonds is 9. The molecule has 2 aromatic carbocycles. The van der Waals surface area contributed by atoms with Gasteiger partial charge in [0.15, 0.2) is 0 Å². The molecule has 1 atom stereocenters. The van der Waals surface area contributed by atoms with E-state index in [1.807, 2.05) is 38.1 Å². The van der Waals surface area contributed by atoms with E-state index in [1.54, 1.807) is 24.3 Å². The number of carbonyl (C=O) groups is 3. The van der Waals surface area contributed by atoms with Gasteiger partial charge in [-0.1, -0.05) is 42.0 Å². The lowest BCUT2D eigenvalue weighted by atomic mass is 10.1. The van der Waals surface area contributed by atoms with Gasteiger partial charge in [0.05, 0.1) is 23.8 Å². The number of benzene rings is 2. The van der Waals surface area contributed by atoms with Crippen LogP contribution in [0, 0.1) is 6.92 Å². The molecule has 1 aliphatic heterocycles. The van der Waals surface area contributed by atoms with Crippen LogP contribution in [0.15, 0.2) is 48.5 Å². The van der Waals surface area contributed by atoms with Crippen molar-refractivity contribution in [2.24, 2.45) is 0 Å². The molecular weight excluding hydrogens is 442 g/mol. The van der Waals surface area contributed by atoms with E-state index in [0.29, 0.717) is 36.9 Å². The summed E-state index contributed by atoms with van der Waals surface area (Å²) < 4.78 is 0. The van der Waals surface area contributed by atoms with E-state index in [4.69, 9.17) is 0 Å².